The van der Waals surface area contributed by atoms with Gasteiger partial charge in [0, 0.05) is 44.5 Å². The van der Waals surface area contributed by atoms with Gasteiger partial charge in [0.2, 0.25) is 0 Å². The first-order chi connectivity index (χ1) is 10.2. The molecule has 0 radical (unpaired) electrons. The van der Waals surface area contributed by atoms with Gasteiger partial charge in [-0.2, -0.15) is 0 Å². The number of hydrogen-bond acceptors (Lipinski definition) is 4. The first-order valence-electron chi connectivity index (χ1n) is 8.35. The molecule has 1 aliphatic carbocycles. The molecule has 4 nitrogen and oxygen atoms in total. The zero-order valence-electron chi connectivity index (χ0n) is 13.6. The fourth-order valence-electron chi connectivity index (χ4n) is 3.26. The molecule has 0 spiro atoms. The standard InChI is InChI=1S/C17H28N4/c1-4-20-7-8-21(12-14(20)3)17-13(2)9-15(11-19-17)10-18-16-5-6-16/h9,11,14,16,18H,4-8,10,12H2,1-3H3. The van der Waals surface area contributed by atoms with E-state index in [0.29, 0.717) is 6.04 Å². The zero-order chi connectivity index (χ0) is 14.8. The van der Waals surface area contributed by atoms with Crippen LogP contribution >= 0.6 is 0 Å². The third kappa shape index (κ3) is 3.55. The Morgan fingerprint density at radius 1 is 1.33 bits per heavy atom. The predicted molar refractivity (Wildman–Crippen MR) is 87.8 cm³/mol. The van der Waals surface area contributed by atoms with E-state index in [1.807, 2.05) is 0 Å². The highest BCUT2D eigenvalue weighted by Gasteiger charge is 2.24. The molecule has 1 aromatic rings. The van der Waals surface area contributed by atoms with Gasteiger partial charge in [0.05, 0.1) is 0 Å². The van der Waals surface area contributed by atoms with E-state index in [1.165, 1.54) is 29.8 Å². The van der Waals surface area contributed by atoms with Crippen LogP contribution in [-0.4, -0.2) is 48.1 Å². The third-order valence-corrected chi connectivity index (χ3v) is 4.75. The monoisotopic (exact) mass is 288 g/mol. The molecule has 4 heteroatoms. The number of piperazine rings is 1. The average Bonchev–Trinajstić information content (AvgIpc) is 3.29. The molecule has 2 heterocycles. The maximum atomic E-state index is 4.75. The SMILES string of the molecule is CCN1CCN(c2ncc(CNC3CC3)cc2C)CC1C. The summed E-state index contributed by atoms with van der Waals surface area (Å²) in [4.78, 5) is 9.74. The third-order valence-electron chi connectivity index (χ3n) is 4.75. The summed E-state index contributed by atoms with van der Waals surface area (Å²) in [5.41, 5.74) is 2.62. The van der Waals surface area contributed by atoms with E-state index in [-0.39, 0.29) is 0 Å². The van der Waals surface area contributed by atoms with Gasteiger partial charge in [-0.1, -0.05) is 6.92 Å². The Labute approximate surface area is 128 Å². The zero-order valence-corrected chi connectivity index (χ0v) is 13.6. The van der Waals surface area contributed by atoms with Crippen molar-refractivity contribution in [3.05, 3.63) is 23.4 Å². The summed E-state index contributed by atoms with van der Waals surface area (Å²) in [6.07, 6.45) is 4.72. The van der Waals surface area contributed by atoms with Crippen LogP contribution in [0.1, 0.15) is 37.8 Å². The van der Waals surface area contributed by atoms with Crippen molar-refractivity contribution in [2.45, 2.75) is 52.2 Å². The lowest BCUT2D eigenvalue weighted by Crippen LogP contribution is -2.52. The minimum Gasteiger partial charge on any atom is -0.354 e. The van der Waals surface area contributed by atoms with Gasteiger partial charge >= 0.3 is 0 Å². The van der Waals surface area contributed by atoms with Crippen molar-refractivity contribution in [1.82, 2.24) is 15.2 Å². The molecule has 1 aliphatic heterocycles. The summed E-state index contributed by atoms with van der Waals surface area (Å²) in [5.74, 6) is 1.17. The van der Waals surface area contributed by atoms with E-state index in [2.05, 4.69) is 48.2 Å². The fourth-order valence-corrected chi connectivity index (χ4v) is 3.26. The van der Waals surface area contributed by atoms with Crippen LogP contribution in [0.15, 0.2) is 12.3 Å². The Balaban J connectivity index is 1.64. The minimum atomic E-state index is 0.612. The first-order valence-corrected chi connectivity index (χ1v) is 8.35. The van der Waals surface area contributed by atoms with Crippen molar-refractivity contribution in [2.24, 2.45) is 0 Å². The van der Waals surface area contributed by atoms with E-state index in [4.69, 9.17) is 4.98 Å². The van der Waals surface area contributed by atoms with E-state index < -0.39 is 0 Å². The molecule has 116 valence electrons. The maximum absolute atomic E-state index is 4.75. The second kappa shape index (κ2) is 6.32. The van der Waals surface area contributed by atoms with Gasteiger partial charge < -0.3 is 10.2 Å². The molecule has 1 N–H and O–H groups in total. The summed E-state index contributed by atoms with van der Waals surface area (Å²) >= 11 is 0. The second-order valence-electron chi connectivity index (χ2n) is 6.56. The summed E-state index contributed by atoms with van der Waals surface area (Å²) in [7, 11) is 0. The van der Waals surface area contributed by atoms with Crippen molar-refractivity contribution in [2.75, 3.05) is 31.1 Å². The van der Waals surface area contributed by atoms with Crippen LogP contribution in [0.5, 0.6) is 0 Å². The number of hydrogen-bond donors (Lipinski definition) is 1. The number of nitrogens with one attached hydrogen (secondary N) is 1. The van der Waals surface area contributed by atoms with Crippen LogP contribution in [0.25, 0.3) is 0 Å². The lowest BCUT2D eigenvalue weighted by molar-refractivity contribution is 0.199. The number of aromatic nitrogens is 1. The van der Waals surface area contributed by atoms with Crippen LogP contribution in [0.3, 0.4) is 0 Å². The fraction of sp³-hybridized carbons (Fsp3) is 0.706. The topological polar surface area (TPSA) is 31.4 Å². The Bertz CT molecular complexity index is 484. The molecular weight excluding hydrogens is 260 g/mol. The number of rotatable bonds is 5. The molecule has 1 aromatic heterocycles. The van der Waals surface area contributed by atoms with Crippen LogP contribution in [0.2, 0.25) is 0 Å². The Morgan fingerprint density at radius 2 is 2.14 bits per heavy atom. The Morgan fingerprint density at radius 3 is 2.76 bits per heavy atom. The molecule has 0 bridgehead atoms. The highest BCUT2D eigenvalue weighted by Crippen LogP contribution is 2.23. The smallest absolute Gasteiger partial charge is 0.131 e. The van der Waals surface area contributed by atoms with E-state index in [9.17, 15) is 0 Å². The van der Waals surface area contributed by atoms with Crippen molar-refractivity contribution in [3.8, 4) is 0 Å². The molecule has 2 aliphatic rings. The molecule has 0 amide bonds. The van der Waals surface area contributed by atoms with Gasteiger partial charge in [0.15, 0.2) is 0 Å². The molecule has 1 atom stereocenters. The average molecular weight is 288 g/mol. The Hall–Kier alpha value is -1.13. The minimum absolute atomic E-state index is 0.612. The van der Waals surface area contributed by atoms with E-state index in [1.54, 1.807) is 0 Å². The number of likely N-dealkylation sites (N-methyl/N-ethyl adjacent to an activating group) is 1. The lowest BCUT2D eigenvalue weighted by atomic mass is 10.1. The molecule has 1 saturated heterocycles. The second-order valence-corrected chi connectivity index (χ2v) is 6.56. The summed E-state index contributed by atoms with van der Waals surface area (Å²) in [6.45, 7) is 12.2. The number of anilines is 1. The quantitative estimate of drug-likeness (QED) is 0.900. The molecule has 1 saturated carbocycles. The maximum Gasteiger partial charge on any atom is 0.131 e. The predicted octanol–water partition coefficient (Wildman–Crippen LogP) is 2.17. The van der Waals surface area contributed by atoms with Gasteiger partial charge in [-0.3, -0.25) is 4.90 Å². The van der Waals surface area contributed by atoms with Crippen LogP contribution in [-0.2, 0) is 6.54 Å². The van der Waals surface area contributed by atoms with Gasteiger partial charge in [-0.05, 0) is 50.4 Å². The van der Waals surface area contributed by atoms with E-state index in [0.717, 1.165) is 38.8 Å². The number of nitrogens with zero attached hydrogens (tertiary/aromatic N) is 3. The Kier molecular flexibility index (Phi) is 4.45. The highest BCUT2D eigenvalue weighted by atomic mass is 15.3. The van der Waals surface area contributed by atoms with Crippen molar-refractivity contribution in [1.29, 1.82) is 0 Å². The first kappa shape index (κ1) is 14.8. The molecule has 2 fully saturated rings. The van der Waals surface area contributed by atoms with Crippen LogP contribution in [0, 0.1) is 6.92 Å². The summed E-state index contributed by atoms with van der Waals surface area (Å²) < 4.78 is 0. The largest absolute Gasteiger partial charge is 0.354 e. The molecule has 1 unspecified atom stereocenters. The number of pyridine rings is 1. The molecular formula is C17H28N4. The summed E-state index contributed by atoms with van der Waals surface area (Å²) in [5, 5.41) is 3.56. The van der Waals surface area contributed by atoms with Crippen LogP contribution < -0.4 is 10.2 Å². The highest BCUT2D eigenvalue weighted by molar-refractivity contribution is 5.48. The molecule has 21 heavy (non-hydrogen) atoms. The lowest BCUT2D eigenvalue weighted by Gasteiger charge is -2.40. The molecule has 0 aromatic carbocycles. The van der Waals surface area contributed by atoms with Crippen molar-refractivity contribution < 1.29 is 0 Å². The van der Waals surface area contributed by atoms with Crippen LogP contribution in [0.4, 0.5) is 5.82 Å². The van der Waals surface area contributed by atoms with Crippen molar-refractivity contribution >= 4 is 5.82 Å². The van der Waals surface area contributed by atoms with Gasteiger partial charge in [-0.15, -0.1) is 0 Å². The van der Waals surface area contributed by atoms with Gasteiger partial charge in [-0.25, -0.2) is 4.98 Å². The number of aryl methyl sites for hydroxylation is 1. The van der Waals surface area contributed by atoms with E-state index >= 15 is 0 Å². The van der Waals surface area contributed by atoms with Crippen molar-refractivity contribution in [3.63, 3.8) is 0 Å². The van der Waals surface area contributed by atoms with Gasteiger partial charge in [0.1, 0.15) is 5.82 Å². The van der Waals surface area contributed by atoms with Gasteiger partial charge in [0.25, 0.3) is 0 Å². The normalized spacial score (nSPS) is 23.6. The summed E-state index contributed by atoms with van der Waals surface area (Å²) in [6, 6.07) is 3.67. The molecule has 3 rings (SSSR count).